The Bertz CT molecular complexity index is 631. The number of amides is 1. The fourth-order valence-electron chi connectivity index (χ4n) is 3.32. The second-order valence-electron chi connectivity index (χ2n) is 5.99. The fraction of sp³-hybridized carbons (Fsp3) is 0.316. The van der Waals surface area contributed by atoms with E-state index in [9.17, 15) is 4.79 Å². The van der Waals surface area contributed by atoms with Crippen LogP contribution in [0, 0.1) is 0 Å². The summed E-state index contributed by atoms with van der Waals surface area (Å²) >= 11 is 0. The number of hydrogen-bond donors (Lipinski definition) is 1. The maximum absolute atomic E-state index is 11.6. The van der Waals surface area contributed by atoms with Gasteiger partial charge in [0.2, 0.25) is 5.91 Å². The highest BCUT2D eigenvalue weighted by Gasteiger charge is 2.23. The lowest BCUT2D eigenvalue weighted by Crippen LogP contribution is -2.33. The van der Waals surface area contributed by atoms with Gasteiger partial charge in [-0.15, -0.1) is 0 Å². The molecule has 2 aromatic carbocycles. The van der Waals surface area contributed by atoms with Crippen LogP contribution in [0.4, 0.5) is 0 Å². The van der Waals surface area contributed by atoms with Crippen molar-refractivity contribution in [2.75, 3.05) is 13.1 Å². The summed E-state index contributed by atoms with van der Waals surface area (Å²) in [4.78, 5) is 14.1. The van der Waals surface area contributed by atoms with Crippen molar-refractivity contribution < 1.29 is 4.79 Å². The first kappa shape index (κ1) is 14.8. The lowest BCUT2D eigenvalue weighted by Gasteiger charge is -2.32. The lowest BCUT2D eigenvalue weighted by atomic mass is 9.86. The summed E-state index contributed by atoms with van der Waals surface area (Å²) in [6.07, 6.45) is 2.16. The number of carbonyl (C=O) groups excluding carboxylic acids is 1. The average Bonchev–Trinajstić information content (AvgIpc) is 2.56. The van der Waals surface area contributed by atoms with Crippen molar-refractivity contribution in [1.29, 1.82) is 0 Å². The van der Waals surface area contributed by atoms with E-state index >= 15 is 0 Å². The Morgan fingerprint density at radius 3 is 2.32 bits per heavy atom. The van der Waals surface area contributed by atoms with Crippen LogP contribution in [0.3, 0.4) is 0 Å². The van der Waals surface area contributed by atoms with E-state index in [2.05, 4.69) is 41.3 Å². The molecule has 0 aliphatic carbocycles. The molecule has 1 amide bonds. The van der Waals surface area contributed by atoms with Gasteiger partial charge in [-0.3, -0.25) is 9.69 Å². The van der Waals surface area contributed by atoms with Gasteiger partial charge in [0.1, 0.15) is 0 Å². The van der Waals surface area contributed by atoms with Crippen LogP contribution in [0.25, 0.3) is 0 Å². The quantitative estimate of drug-likeness (QED) is 0.941. The molecular formula is C19H22N2O. The molecule has 0 bridgehead atoms. The second kappa shape index (κ2) is 6.75. The van der Waals surface area contributed by atoms with Crippen LogP contribution in [0.2, 0.25) is 0 Å². The fourth-order valence-corrected chi connectivity index (χ4v) is 3.32. The Morgan fingerprint density at radius 1 is 1.00 bits per heavy atom. The zero-order valence-corrected chi connectivity index (χ0v) is 12.7. The van der Waals surface area contributed by atoms with Gasteiger partial charge in [0, 0.05) is 12.1 Å². The third-order valence-electron chi connectivity index (χ3n) is 4.50. The zero-order chi connectivity index (χ0) is 15.4. The summed E-state index contributed by atoms with van der Waals surface area (Å²) in [5, 5.41) is 0. The van der Waals surface area contributed by atoms with E-state index in [1.165, 1.54) is 5.56 Å². The van der Waals surface area contributed by atoms with E-state index in [0.29, 0.717) is 11.5 Å². The molecule has 0 atom stereocenters. The van der Waals surface area contributed by atoms with Gasteiger partial charge >= 0.3 is 0 Å². The minimum Gasteiger partial charge on any atom is -0.366 e. The molecule has 114 valence electrons. The molecule has 3 rings (SSSR count). The number of hydrogen-bond acceptors (Lipinski definition) is 2. The number of benzene rings is 2. The predicted molar refractivity (Wildman–Crippen MR) is 88.7 cm³/mol. The monoisotopic (exact) mass is 294 g/mol. The highest BCUT2D eigenvalue weighted by molar-refractivity contribution is 5.94. The minimum absolute atomic E-state index is 0.317. The molecule has 0 radical (unpaired) electrons. The van der Waals surface area contributed by atoms with Crippen molar-refractivity contribution in [2.45, 2.75) is 25.3 Å². The van der Waals surface area contributed by atoms with E-state index < -0.39 is 0 Å². The number of likely N-dealkylation sites (tertiary alicyclic amines) is 1. The van der Waals surface area contributed by atoms with Crippen LogP contribution >= 0.6 is 0 Å². The van der Waals surface area contributed by atoms with Crippen LogP contribution in [0.5, 0.6) is 0 Å². The van der Waals surface area contributed by atoms with Crippen molar-refractivity contribution in [1.82, 2.24) is 4.90 Å². The smallest absolute Gasteiger partial charge is 0.248 e. The Morgan fingerprint density at radius 2 is 1.64 bits per heavy atom. The molecule has 3 nitrogen and oxygen atoms in total. The summed E-state index contributed by atoms with van der Waals surface area (Å²) in [7, 11) is 0. The first-order chi connectivity index (χ1) is 10.7. The highest BCUT2D eigenvalue weighted by Crippen LogP contribution is 2.30. The Labute approximate surface area is 131 Å². The maximum atomic E-state index is 11.6. The molecule has 0 unspecified atom stereocenters. The van der Waals surface area contributed by atoms with Gasteiger partial charge in [-0.25, -0.2) is 0 Å². The number of rotatable bonds is 4. The van der Waals surface area contributed by atoms with Crippen LogP contribution in [-0.4, -0.2) is 23.9 Å². The summed E-state index contributed by atoms with van der Waals surface area (Å²) in [5.41, 5.74) is 8.67. The van der Waals surface area contributed by atoms with Crippen molar-refractivity contribution in [3.05, 3.63) is 71.3 Å². The molecule has 0 aromatic heterocycles. The van der Waals surface area contributed by atoms with Gasteiger partial charge in [-0.05, 0) is 49.0 Å². The largest absolute Gasteiger partial charge is 0.366 e. The third-order valence-corrected chi connectivity index (χ3v) is 4.50. The predicted octanol–water partition coefficient (Wildman–Crippen LogP) is 3.17. The Hall–Kier alpha value is -2.13. The molecule has 0 spiro atoms. The van der Waals surface area contributed by atoms with Crippen LogP contribution in [0.15, 0.2) is 54.6 Å². The summed E-state index contributed by atoms with van der Waals surface area (Å²) in [6, 6.07) is 18.4. The second-order valence-corrected chi connectivity index (χ2v) is 5.99. The van der Waals surface area contributed by atoms with Crippen molar-refractivity contribution in [3.8, 4) is 0 Å². The molecule has 0 saturated carbocycles. The summed E-state index contributed by atoms with van der Waals surface area (Å²) in [5.74, 6) is 0.123. The van der Waals surface area contributed by atoms with Gasteiger partial charge in [-0.2, -0.15) is 0 Å². The number of carbonyl (C=O) groups is 1. The minimum atomic E-state index is -0.317. The van der Waals surface area contributed by atoms with Crippen molar-refractivity contribution in [2.24, 2.45) is 5.73 Å². The first-order valence-corrected chi connectivity index (χ1v) is 7.89. The molecule has 3 heteroatoms. The molecule has 2 N–H and O–H groups in total. The lowest BCUT2D eigenvalue weighted by molar-refractivity contribution is 0.0998. The zero-order valence-electron chi connectivity index (χ0n) is 12.7. The van der Waals surface area contributed by atoms with Crippen LogP contribution in [0.1, 0.15) is 40.2 Å². The maximum Gasteiger partial charge on any atom is 0.248 e. The highest BCUT2D eigenvalue weighted by atomic mass is 16.1. The van der Waals surface area contributed by atoms with E-state index in [1.807, 2.05) is 18.2 Å². The summed E-state index contributed by atoms with van der Waals surface area (Å²) < 4.78 is 0. The van der Waals surface area contributed by atoms with Gasteiger partial charge in [0.05, 0.1) is 0 Å². The first-order valence-electron chi connectivity index (χ1n) is 7.89. The molecule has 1 saturated heterocycles. The molecule has 1 fully saturated rings. The number of nitrogens with zero attached hydrogens (tertiary/aromatic N) is 1. The summed E-state index contributed by atoms with van der Waals surface area (Å²) in [6.45, 7) is 3.13. The topological polar surface area (TPSA) is 46.3 Å². The Kier molecular flexibility index (Phi) is 4.54. The van der Waals surface area contributed by atoms with Crippen molar-refractivity contribution in [3.63, 3.8) is 0 Å². The number of piperidine rings is 1. The van der Waals surface area contributed by atoms with E-state index in [4.69, 9.17) is 5.73 Å². The standard InChI is InChI=1S/C19H22N2O/c20-19(22)18-9-5-4-8-17(18)16-10-12-21(13-11-16)14-15-6-2-1-3-7-15/h1-9,16H,10-14H2,(H2,20,22). The SMILES string of the molecule is NC(=O)c1ccccc1C1CCN(Cc2ccccc2)CC1. The molecule has 1 aliphatic rings. The number of nitrogens with two attached hydrogens (primary N) is 1. The van der Waals surface area contributed by atoms with E-state index in [-0.39, 0.29) is 5.91 Å². The third kappa shape index (κ3) is 3.37. The van der Waals surface area contributed by atoms with Crippen molar-refractivity contribution >= 4 is 5.91 Å². The normalized spacial score (nSPS) is 16.5. The molecule has 22 heavy (non-hydrogen) atoms. The van der Waals surface area contributed by atoms with E-state index in [0.717, 1.165) is 38.0 Å². The van der Waals surface area contributed by atoms with Gasteiger partial charge in [-0.1, -0.05) is 48.5 Å². The van der Waals surface area contributed by atoms with Crippen LogP contribution < -0.4 is 5.73 Å². The average molecular weight is 294 g/mol. The molecule has 1 heterocycles. The Balaban J connectivity index is 1.64. The van der Waals surface area contributed by atoms with Gasteiger partial charge < -0.3 is 5.73 Å². The van der Waals surface area contributed by atoms with E-state index in [1.54, 1.807) is 0 Å². The molecular weight excluding hydrogens is 272 g/mol. The number of primary amides is 1. The van der Waals surface area contributed by atoms with Gasteiger partial charge in [0.15, 0.2) is 0 Å². The molecule has 1 aliphatic heterocycles. The molecule has 2 aromatic rings. The van der Waals surface area contributed by atoms with Gasteiger partial charge in [0.25, 0.3) is 0 Å². The van der Waals surface area contributed by atoms with Crippen LogP contribution in [-0.2, 0) is 6.54 Å².